The first kappa shape index (κ1) is 8.30. The van der Waals surface area contributed by atoms with Crippen LogP contribution >= 0.6 is 0 Å². The highest BCUT2D eigenvalue weighted by molar-refractivity contribution is 5.76. The number of aromatic nitrogens is 4. The van der Waals surface area contributed by atoms with Gasteiger partial charge in [0, 0.05) is 0 Å². The van der Waals surface area contributed by atoms with Gasteiger partial charge in [-0.25, -0.2) is 9.97 Å². The molecule has 2 aromatic rings. The van der Waals surface area contributed by atoms with Crippen molar-refractivity contribution in [3.05, 3.63) is 32.7 Å². The molecule has 0 aliphatic carbocycles. The average Bonchev–Trinajstić information content (AvgIpc) is 2.17. The van der Waals surface area contributed by atoms with Gasteiger partial charge in [-0.15, -0.1) is 0 Å². The molecule has 2 N–H and O–H groups in total. The summed E-state index contributed by atoms with van der Waals surface area (Å²) in [6.07, 6.45) is 1.42. The van der Waals surface area contributed by atoms with Crippen molar-refractivity contribution in [2.75, 3.05) is 0 Å². The molecule has 0 aromatic carbocycles. The van der Waals surface area contributed by atoms with Gasteiger partial charge in [0.05, 0.1) is 6.33 Å². The third-order valence-electron chi connectivity index (χ3n) is 1.64. The van der Waals surface area contributed by atoms with Crippen LogP contribution in [-0.4, -0.2) is 26.2 Å². The summed E-state index contributed by atoms with van der Waals surface area (Å²) in [7, 11) is 0. The topological polar surface area (TPSA) is 109 Å². The van der Waals surface area contributed by atoms with Gasteiger partial charge < -0.3 is 9.97 Å². The van der Waals surface area contributed by atoms with Gasteiger partial charge in [0.1, 0.15) is 0 Å². The molecule has 0 aliphatic rings. The van der Waals surface area contributed by atoms with E-state index in [1.165, 1.54) is 0 Å². The smallest absolute Gasteiger partial charge is 0.278 e. The summed E-state index contributed by atoms with van der Waals surface area (Å²) in [5, 5.41) is 0. The highest BCUT2D eigenvalue weighted by Gasteiger charge is 2.06. The largest absolute Gasteiger partial charge is 0.311 e. The zero-order valence-corrected chi connectivity index (χ0v) is 6.77. The Morgan fingerprint density at radius 2 is 2.07 bits per heavy atom. The van der Waals surface area contributed by atoms with Crippen LogP contribution in [0.4, 0.5) is 0 Å². The third kappa shape index (κ3) is 1.11. The summed E-state index contributed by atoms with van der Waals surface area (Å²) in [5.41, 5.74) is -1.51. The van der Waals surface area contributed by atoms with Crippen molar-refractivity contribution in [1.82, 2.24) is 19.9 Å². The number of fused-ring (bicyclic) bond motifs is 1. The second kappa shape index (κ2) is 2.87. The van der Waals surface area contributed by atoms with Crippen LogP contribution in [0.2, 0.25) is 0 Å². The van der Waals surface area contributed by atoms with Crippen LogP contribution in [0.25, 0.3) is 11.2 Å². The minimum absolute atomic E-state index is 0.0596. The first-order valence-electron chi connectivity index (χ1n) is 3.65. The number of hydrogen-bond acceptors (Lipinski definition) is 5. The van der Waals surface area contributed by atoms with E-state index in [4.69, 9.17) is 0 Å². The quantitative estimate of drug-likeness (QED) is 0.552. The molecular weight excluding hydrogens is 188 g/mol. The number of carbonyl (C=O) groups is 1. The normalized spacial score (nSPS) is 10.3. The van der Waals surface area contributed by atoms with Crippen LogP contribution in [0.1, 0.15) is 10.5 Å². The Balaban J connectivity index is 3.01. The lowest BCUT2D eigenvalue weighted by molar-refractivity contribution is 0.111. The van der Waals surface area contributed by atoms with Crippen molar-refractivity contribution in [1.29, 1.82) is 0 Å². The van der Waals surface area contributed by atoms with E-state index in [0.29, 0.717) is 0 Å². The Hall–Kier alpha value is -2.31. The van der Waals surface area contributed by atoms with E-state index in [1.54, 1.807) is 0 Å². The molecule has 0 fully saturated rings. The molecule has 14 heavy (non-hydrogen) atoms. The minimum Gasteiger partial charge on any atom is -0.311 e. The number of rotatable bonds is 1. The molecule has 0 spiro atoms. The van der Waals surface area contributed by atoms with Gasteiger partial charge in [-0.1, -0.05) is 0 Å². The number of carbonyl (C=O) groups excluding carboxylic acids is 1. The summed E-state index contributed by atoms with van der Waals surface area (Å²) in [6.45, 7) is 0. The van der Waals surface area contributed by atoms with Crippen molar-refractivity contribution in [2.24, 2.45) is 0 Å². The molecule has 0 amide bonds. The third-order valence-corrected chi connectivity index (χ3v) is 1.64. The maximum atomic E-state index is 11.2. The lowest BCUT2D eigenvalue weighted by Gasteiger charge is -1.94. The lowest BCUT2D eigenvalue weighted by atomic mass is 10.4. The Morgan fingerprint density at radius 1 is 1.29 bits per heavy atom. The number of nitrogens with one attached hydrogen (secondary N) is 2. The number of aldehydes is 1. The molecular formula is C7H4N4O3. The Labute approximate surface area is 75.8 Å². The van der Waals surface area contributed by atoms with Crippen molar-refractivity contribution in [3.63, 3.8) is 0 Å². The van der Waals surface area contributed by atoms with Crippen molar-refractivity contribution in [3.8, 4) is 0 Å². The molecule has 2 rings (SSSR count). The van der Waals surface area contributed by atoms with E-state index in [9.17, 15) is 14.4 Å². The number of aromatic amines is 2. The molecule has 0 saturated carbocycles. The van der Waals surface area contributed by atoms with Crippen LogP contribution < -0.4 is 11.1 Å². The van der Waals surface area contributed by atoms with Crippen LogP contribution in [0.3, 0.4) is 0 Å². The summed E-state index contributed by atoms with van der Waals surface area (Å²) >= 11 is 0. The first-order valence-corrected chi connectivity index (χ1v) is 3.65. The van der Waals surface area contributed by atoms with Gasteiger partial charge in [0.2, 0.25) is 0 Å². The molecule has 70 valence electrons. The second-order valence-corrected chi connectivity index (χ2v) is 2.50. The van der Waals surface area contributed by atoms with E-state index in [0.717, 1.165) is 6.33 Å². The zero-order valence-electron chi connectivity index (χ0n) is 6.77. The predicted octanol–water partition coefficient (Wildman–Crippen LogP) is -1.18. The number of hydrogen-bond donors (Lipinski definition) is 2. The van der Waals surface area contributed by atoms with Gasteiger partial charge >= 0.3 is 0 Å². The lowest BCUT2D eigenvalue weighted by Crippen LogP contribution is -2.19. The molecule has 0 radical (unpaired) electrons. The second-order valence-electron chi connectivity index (χ2n) is 2.50. The van der Waals surface area contributed by atoms with Crippen LogP contribution in [0, 0.1) is 0 Å². The average molecular weight is 192 g/mol. The highest BCUT2D eigenvalue weighted by Crippen LogP contribution is 1.93. The molecule has 0 atom stereocenters. The van der Waals surface area contributed by atoms with Crippen molar-refractivity contribution in [2.45, 2.75) is 0 Å². The maximum absolute atomic E-state index is 11.2. The fraction of sp³-hybridized carbons (Fsp3) is 0. The Kier molecular flexibility index (Phi) is 1.70. The standard InChI is InChI=1S/C7H4N4O3/c12-1-3-6(13)11-5-4(10-3)7(14)9-2-8-5/h1-2H,(H2,8,9,11,13,14). The fourth-order valence-electron chi connectivity index (χ4n) is 1.01. The molecule has 0 unspecified atom stereocenters. The van der Waals surface area contributed by atoms with E-state index >= 15 is 0 Å². The monoisotopic (exact) mass is 192 g/mol. The van der Waals surface area contributed by atoms with Crippen LogP contribution in [0.5, 0.6) is 0 Å². The minimum atomic E-state index is -0.661. The molecule has 7 heteroatoms. The van der Waals surface area contributed by atoms with Gasteiger partial charge in [-0.2, -0.15) is 0 Å². The van der Waals surface area contributed by atoms with E-state index in [-0.39, 0.29) is 23.1 Å². The highest BCUT2D eigenvalue weighted by atomic mass is 16.1. The summed E-state index contributed by atoms with van der Waals surface area (Å²) in [6, 6.07) is 0. The van der Waals surface area contributed by atoms with Crippen molar-refractivity contribution < 1.29 is 4.79 Å². The summed E-state index contributed by atoms with van der Waals surface area (Å²) < 4.78 is 0. The molecule has 0 bridgehead atoms. The van der Waals surface area contributed by atoms with Gasteiger partial charge in [0.25, 0.3) is 11.1 Å². The summed E-state index contributed by atoms with van der Waals surface area (Å²) in [4.78, 5) is 44.4. The molecule has 2 heterocycles. The molecule has 2 aromatic heterocycles. The van der Waals surface area contributed by atoms with Crippen LogP contribution in [-0.2, 0) is 0 Å². The van der Waals surface area contributed by atoms with E-state index in [2.05, 4.69) is 19.9 Å². The maximum Gasteiger partial charge on any atom is 0.278 e. The first-order chi connectivity index (χ1) is 6.72. The molecule has 0 saturated heterocycles. The Bertz CT molecular complexity index is 612. The zero-order chi connectivity index (χ0) is 10.1. The fourth-order valence-corrected chi connectivity index (χ4v) is 1.01. The molecule has 7 nitrogen and oxygen atoms in total. The Morgan fingerprint density at radius 3 is 2.79 bits per heavy atom. The van der Waals surface area contributed by atoms with Crippen molar-refractivity contribution >= 4 is 17.5 Å². The van der Waals surface area contributed by atoms with E-state index in [1.807, 2.05) is 0 Å². The number of nitrogens with zero attached hydrogens (tertiary/aromatic N) is 2. The van der Waals surface area contributed by atoms with Crippen LogP contribution in [0.15, 0.2) is 15.9 Å². The number of H-pyrrole nitrogens is 2. The SMILES string of the molecule is O=Cc1nc2c(=O)[nH]cnc2[nH]c1=O. The van der Waals surface area contributed by atoms with Gasteiger partial charge in [-0.3, -0.25) is 14.4 Å². The summed E-state index contributed by atoms with van der Waals surface area (Å²) in [5.74, 6) is 0. The van der Waals surface area contributed by atoms with E-state index < -0.39 is 11.1 Å². The predicted molar refractivity (Wildman–Crippen MR) is 46.2 cm³/mol. The molecule has 0 aliphatic heterocycles. The van der Waals surface area contributed by atoms with Gasteiger partial charge in [0.15, 0.2) is 23.1 Å². The van der Waals surface area contributed by atoms with Gasteiger partial charge in [-0.05, 0) is 0 Å².